The molecule has 0 fully saturated rings. The Balaban J connectivity index is 1.38. The second-order valence-corrected chi connectivity index (χ2v) is 9.64. The molecule has 2 nitrogen and oxygen atoms in total. The molecule has 3 aliphatic rings. The highest BCUT2D eigenvalue weighted by Gasteiger charge is 2.41. The summed E-state index contributed by atoms with van der Waals surface area (Å²) in [5.41, 5.74) is 13.5. The van der Waals surface area contributed by atoms with Crippen molar-refractivity contribution in [1.82, 2.24) is 0 Å². The summed E-state index contributed by atoms with van der Waals surface area (Å²) in [4.78, 5) is 0. The van der Waals surface area contributed by atoms with Crippen LogP contribution in [0.3, 0.4) is 0 Å². The summed E-state index contributed by atoms with van der Waals surface area (Å²) in [6.45, 7) is 0. The average Bonchev–Trinajstić information content (AvgIpc) is 2.96. The van der Waals surface area contributed by atoms with Gasteiger partial charge >= 0.3 is 0 Å². The molecule has 0 unspecified atom stereocenters. The van der Waals surface area contributed by atoms with Crippen molar-refractivity contribution >= 4 is 0 Å². The first-order valence-electron chi connectivity index (χ1n) is 12.4. The van der Waals surface area contributed by atoms with Gasteiger partial charge in [-0.15, -0.1) is 0 Å². The van der Waals surface area contributed by atoms with E-state index in [-0.39, 0.29) is 11.8 Å². The van der Waals surface area contributed by atoms with E-state index in [1.54, 1.807) is 14.2 Å². The van der Waals surface area contributed by atoms with Gasteiger partial charge in [-0.2, -0.15) is 0 Å². The zero-order chi connectivity index (χ0) is 24.2. The monoisotopic (exact) mass is 466 g/mol. The highest BCUT2D eigenvalue weighted by molar-refractivity contribution is 5.76. The summed E-state index contributed by atoms with van der Waals surface area (Å²) in [6.07, 6.45) is 0. The van der Waals surface area contributed by atoms with Crippen LogP contribution in [0.4, 0.5) is 0 Å². The van der Waals surface area contributed by atoms with Crippen LogP contribution >= 0.6 is 0 Å². The van der Waals surface area contributed by atoms with Crippen LogP contribution in [-0.4, -0.2) is 14.2 Å². The van der Waals surface area contributed by atoms with E-state index >= 15 is 0 Å². The predicted octanol–water partition coefficient (Wildman–Crippen LogP) is 8.03. The van der Waals surface area contributed by atoms with E-state index in [0.717, 1.165) is 11.5 Å². The molecule has 5 aromatic carbocycles. The molecule has 0 atom stereocenters. The van der Waals surface area contributed by atoms with E-state index < -0.39 is 0 Å². The van der Waals surface area contributed by atoms with E-state index in [1.165, 1.54) is 55.6 Å². The van der Waals surface area contributed by atoms with Crippen LogP contribution < -0.4 is 9.47 Å². The van der Waals surface area contributed by atoms with E-state index in [1.807, 2.05) is 24.3 Å². The third kappa shape index (κ3) is 3.11. The van der Waals surface area contributed by atoms with Crippen LogP contribution in [-0.2, 0) is 0 Å². The first kappa shape index (κ1) is 21.0. The molecular formula is C34H26O2. The Morgan fingerprint density at radius 3 is 1.17 bits per heavy atom. The minimum Gasteiger partial charge on any atom is -0.497 e. The fourth-order valence-corrected chi connectivity index (χ4v) is 6.14. The minimum atomic E-state index is 0.229. The van der Waals surface area contributed by atoms with E-state index in [4.69, 9.17) is 9.47 Å². The molecule has 0 radical (unpaired) electrons. The third-order valence-corrected chi connectivity index (χ3v) is 7.88. The van der Waals surface area contributed by atoms with Crippen molar-refractivity contribution in [2.45, 2.75) is 11.8 Å². The lowest BCUT2D eigenvalue weighted by Crippen LogP contribution is -2.27. The SMILES string of the molecule is COc1ccc(-c2ccc3c(c2)C2c4ccccc4C3c3ccc(-c4ccc(OC)cc4)cc32)cc1. The lowest BCUT2D eigenvalue weighted by Gasteiger charge is -2.42. The summed E-state index contributed by atoms with van der Waals surface area (Å²) in [5, 5.41) is 0. The van der Waals surface area contributed by atoms with E-state index in [9.17, 15) is 0 Å². The summed E-state index contributed by atoms with van der Waals surface area (Å²) in [5.74, 6) is 2.26. The number of hydrogen-bond donors (Lipinski definition) is 0. The van der Waals surface area contributed by atoms with Crippen LogP contribution in [0.15, 0.2) is 109 Å². The Labute approximate surface area is 211 Å². The van der Waals surface area contributed by atoms with E-state index in [0.29, 0.717) is 0 Å². The van der Waals surface area contributed by atoms with E-state index in [2.05, 4.69) is 84.9 Å². The molecule has 5 aromatic rings. The van der Waals surface area contributed by atoms with Crippen molar-refractivity contribution in [1.29, 1.82) is 0 Å². The molecule has 0 aliphatic heterocycles. The first-order chi connectivity index (χ1) is 17.7. The van der Waals surface area contributed by atoms with Crippen LogP contribution in [0.2, 0.25) is 0 Å². The van der Waals surface area contributed by atoms with Gasteiger partial charge in [0.2, 0.25) is 0 Å². The zero-order valence-electron chi connectivity index (χ0n) is 20.4. The zero-order valence-corrected chi connectivity index (χ0v) is 20.4. The largest absolute Gasteiger partial charge is 0.497 e. The standard InChI is InChI=1S/C34H26O2/c1-35-25-13-7-21(8-14-25)23-11-17-29-31(19-23)34-28-6-4-3-5-27(28)33(29)30-18-12-24(20-32(30)34)22-9-15-26(36-2)16-10-22/h3-20,33-34H,1-2H3. The fraction of sp³-hybridized carbons (Fsp3) is 0.118. The second kappa shape index (κ2) is 8.13. The molecule has 0 amide bonds. The fourth-order valence-electron chi connectivity index (χ4n) is 6.14. The Hall–Kier alpha value is -4.30. The highest BCUT2D eigenvalue weighted by atomic mass is 16.5. The predicted molar refractivity (Wildman–Crippen MR) is 145 cm³/mol. The molecule has 8 rings (SSSR count). The minimum absolute atomic E-state index is 0.229. The lowest BCUT2D eigenvalue weighted by atomic mass is 9.60. The van der Waals surface area contributed by atoms with Gasteiger partial charge in [0.05, 0.1) is 14.2 Å². The van der Waals surface area contributed by atoms with Crippen LogP contribution in [0, 0.1) is 0 Å². The maximum absolute atomic E-state index is 5.37. The average molecular weight is 467 g/mol. The molecular weight excluding hydrogens is 440 g/mol. The Morgan fingerprint density at radius 2 is 0.750 bits per heavy atom. The Bertz CT molecular complexity index is 1500. The third-order valence-electron chi connectivity index (χ3n) is 7.88. The number of methoxy groups -OCH3 is 2. The molecule has 174 valence electrons. The Morgan fingerprint density at radius 1 is 0.389 bits per heavy atom. The molecule has 2 bridgehead atoms. The number of rotatable bonds is 4. The smallest absolute Gasteiger partial charge is 0.118 e. The number of ether oxygens (including phenoxy) is 2. The number of hydrogen-bond acceptors (Lipinski definition) is 2. The highest BCUT2D eigenvalue weighted by Crippen LogP contribution is 2.56. The lowest BCUT2D eigenvalue weighted by molar-refractivity contribution is 0.415. The van der Waals surface area contributed by atoms with Crippen molar-refractivity contribution in [3.8, 4) is 33.8 Å². The van der Waals surface area contributed by atoms with Gasteiger partial charge in [0.15, 0.2) is 0 Å². The molecule has 3 aliphatic carbocycles. The topological polar surface area (TPSA) is 18.5 Å². The molecule has 0 heterocycles. The summed E-state index contributed by atoms with van der Waals surface area (Å²) in [7, 11) is 3.42. The van der Waals surface area contributed by atoms with Crippen molar-refractivity contribution < 1.29 is 9.47 Å². The number of benzene rings is 5. The van der Waals surface area contributed by atoms with Crippen molar-refractivity contribution in [3.63, 3.8) is 0 Å². The van der Waals surface area contributed by atoms with Gasteiger partial charge in [0.1, 0.15) is 11.5 Å². The molecule has 2 heteroatoms. The quantitative estimate of drug-likeness (QED) is 0.261. The van der Waals surface area contributed by atoms with Crippen LogP contribution in [0.5, 0.6) is 11.5 Å². The van der Waals surface area contributed by atoms with Gasteiger partial charge in [-0.1, -0.05) is 72.8 Å². The van der Waals surface area contributed by atoms with Gasteiger partial charge in [0.25, 0.3) is 0 Å². The van der Waals surface area contributed by atoms with Crippen molar-refractivity contribution in [2.24, 2.45) is 0 Å². The Kier molecular flexibility index (Phi) is 4.75. The van der Waals surface area contributed by atoms with Crippen molar-refractivity contribution in [3.05, 3.63) is 143 Å². The summed E-state index contributed by atoms with van der Waals surface area (Å²) < 4.78 is 10.7. The van der Waals surface area contributed by atoms with Crippen LogP contribution in [0.25, 0.3) is 22.3 Å². The summed E-state index contributed by atoms with van der Waals surface area (Å²) >= 11 is 0. The van der Waals surface area contributed by atoms with Gasteiger partial charge in [0, 0.05) is 11.8 Å². The van der Waals surface area contributed by atoms with Gasteiger partial charge in [-0.25, -0.2) is 0 Å². The van der Waals surface area contributed by atoms with Gasteiger partial charge in [-0.05, 0) is 92.0 Å². The first-order valence-corrected chi connectivity index (χ1v) is 12.4. The molecule has 0 spiro atoms. The maximum Gasteiger partial charge on any atom is 0.118 e. The second-order valence-electron chi connectivity index (χ2n) is 9.64. The molecule has 0 saturated heterocycles. The molecule has 0 N–H and O–H groups in total. The molecule has 0 aromatic heterocycles. The molecule has 0 saturated carbocycles. The van der Waals surface area contributed by atoms with Gasteiger partial charge in [-0.3, -0.25) is 0 Å². The molecule has 36 heavy (non-hydrogen) atoms. The maximum atomic E-state index is 5.37. The summed E-state index contributed by atoms with van der Waals surface area (Å²) in [6, 6.07) is 39.8. The van der Waals surface area contributed by atoms with Gasteiger partial charge < -0.3 is 9.47 Å². The normalized spacial score (nSPS) is 16.6. The van der Waals surface area contributed by atoms with Crippen molar-refractivity contribution in [2.75, 3.05) is 14.2 Å². The van der Waals surface area contributed by atoms with Crippen LogP contribution in [0.1, 0.15) is 45.2 Å².